The molecule has 0 heterocycles. The summed E-state index contributed by atoms with van der Waals surface area (Å²) in [6.45, 7) is 9.16. The van der Waals surface area contributed by atoms with Crippen LogP contribution in [0.15, 0.2) is 106 Å². The van der Waals surface area contributed by atoms with Crippen molar-refractivity contribution >= 4 is 81.3 Å². The predicted octanol–water partition coefficient (Wildman–Crippen LogP) is 12.8. The van der Waals surface area contributed by atoms with Gasteiger partial charge < -0.3 is 0 Å². The van der Waals surface area contributed by atoms with Gasteiger partial charge in [-0.1, -0.05) is 0 Å². The minimum atomic E-state index is -6.33. The molecule has 0 saturated heterocycles. The molecule has 241 valence electrons. The second-order valence-electron chi connectivity index (χ2n) is 14.3. The Kier molecular flexibility index (Phi) is 8.57. The van der Waals surface area contributed by atoms with E-state index in [-0.39, 0.29) is 29.0 Å². The Morgan fingerprint density at radius 2 is 0.978 bits per heavy atom. The summed E-state index contributed by atoms with van der Waals surface area (Å²) in [5.41, 5.74) is 12.3. The van der Waals surface area contributed by atoms with Gasteiger partial charge in [-0.15, -0.1) is 0 Å². The van der Waals surface area contributed by atoms with E-state index in [2.05, 4.69) is 173 Å². The molecular weight excluding hydrogens is 871 g/mol. The third-order valence-corrected chi connectivity index (χ3v) is 118. The third-order valence-electron chi connectivity index (χ3n) is 10.9. The van der Waals surface area contributed by atoms with Gasteiger partial charge in [-0.25, -0.2) is 0 Å². The summed E-state index contributed by atoms with van der Waals surface area (Å²) in [4.78, 5) is 2.73. The van der Waals surface area contributed by atoms with Crippen LogP contribution in [0.4, 0.5) is 0 Å². The van der Waals surface area contributed by atoms with Gasteiger partial charge in [0, 0.05) is 0 Å². The normalized spacial score (nSPS) is 20.1. The first-order chi connectivity index (χ1) is 21.3. The average Bonchev–Trinajstić information content (AvgIpc) is 3.54. The molecule has 0 radical (unpaired) electrons. The van der Waals surface area contributed by atoms with Crippen molar-refractivity contribution in [1.29, 1.82) is 0 Å². The summed E-state index contributed by atoms with van der Waals surface area (Å²) < 4.78 is -0.379. The molecule has 0 saturated carbocycles. The molecule has 0 N–H and O–H groups in total. The monoisotopic (exact) mass is 909 g/mol. The molecule has 4 aromatic carbocycles. The van der Waals surface area contributed by atoms with Crippen LogP contribution in [0.3, 0.4) is 0 Å². The first kappa shape index (κ1) is 35.5. The SMILES string of the molecule is CC1=Cc2c(-c3cccc([S+](C)C)c3)cccc2[CH]1[Zr]([Cl])([Cl])([Br])([Br])([CH]1C(C)=Cc2c(-c3cccc([S+](C)C)c3)cccc21)[SiH](C)C. The first-order valence-electron chi connectivity index (χ1n) is 15.8. The van der Waals surface area contributed by atoms with Crippen molar-refractivity contribution in [1.82, 2.24) is 0 Å². The van der Waals surface area contributed by atoms with Crippen molar-refractivity contribution < 1.29 is 7.89 Å². The van der Waals surface area contributed by atoms with Gasteiger partial charge in [-0.05, 0) is 0 Å². The van der Waals surface area contributed by atoms with Crippen LogP contribution in [0.2, 0.25) is 13.1 Å². The number of allylic oxidation sites excluding steroid dienone is 2. The maximum absolute atomic E-state index is 8.80. The zero-order chi connectivity index (χ0) is 33.5. The number of halogens is 4. The fraction of sp³-hybridized carbons (Fsp3) is 0.263. The summed E-state index contributed by atoms with van der Waals surface area (Å²) in [6, 6.07) is 31.4. The third kappa shape index (κ3) is 5.21. The van der Waals surface area contributed by atoms with E-state index < -0.39 is 13.8 Å². The van der Waals surface area contributed by atoms with Crippen LogP contribution in [0.1, 0.15) is 43.4 Å². The number of hydrogen-bond acceptors (Lipinski definition) is 0. The topological polar surface area (TPSA) is 0 Å². The van der Waals surface area contributed by atoms with E-state index in [4.69, 9.17) is 17.0 Å². The van der Waals surface area contributed by atoms with Crippen molar-refractivity contribution in [3.63, 3.8) is 0 Å². The molecule has 0 nitrogen and oxygen atoms in total. The Labute approximate surface area is 295 Å². The van der Waals surface area contributed by atoms with Crippen molar-refractivity contribution in [2.45, 2.75) is 44.0 Å². The van der Waals surface area contributed by atoms with Crippen LogP contribution in [-0.4, -0.2) is 30.9 Å². The van der Waals surface area contributed by atoms with E-state index >= 15 is 0 Å². The van der Waals surface area contributed by atoms with Crippen molar-refractivity contribution in [2.24, 2.45) is 0 Å². The Morgan fingerprint density at radius 3 is 1.33 bits per heavy atom. The van der Waals surface area contributed by atoms with Gasteiger partial charge in [0.2, 0.25) is 0 Å². The summed E-state index contributed by atoms with van der Waals surface area (Å²) in [6.07, 6.45) is 13.8. The van der Waals surface area contributed by atoms with Gasteiger partial charge in [0.15, 0.2) is 0 Å². The Bertz CT molecular complexity index is 1870. The second kappa shape index (κ2) is 11.1. The van der Waals surface area contributed by atoms with E-state index in [1.54, 1.807) is 0 Å². The van der Waals surface area contributed by atoms with Crippen LogP contribution in [0, 0.1) is 0 Å². The number of rotatable bonds is 7. The Morgan fingerprint density at radius 1 is 0.609 bits per heavy atom. The molecule has 4 aromatic rings. The molecule has 2 aliphatic rings. The second-order valence-corrected chi connectivity index (χ2v) is 131. The van der Waals surface area contributed by atoms with Gasteiger partial charge in [-0.3, -0.25) is 0 Å². The van der Waals surface area contributed by atoms with E-state index in [9.17, 15) is 0 Å². The predicted molar refractivity (Wildman–Crippen MR) is 220 cm³/mol. The van der Waals surface area contributed by atoms with Gasteiger partial charge in [0.25, 0.3) is 0 Å². The fourth-order valence-electron chi connectivity index (χ4n) is 8.32. The van der Waals surface area contributed by atoms with Crippen LogP contribution < -0.4 is 0 Å². The molecule has 0 fully saturated rings. The minimum absolute atomic E-state index is 0.174. The molecule has 2 unspecified atom stereocenters. The zero-order valence-corrected chi connectivity index (χ0v) is 37.7. The van der Waals surface area contributed by atoms with Gasteiger partial charge in [0.05, 0.1) is 0 Å². The number of hydrogen-bond donors (Lipinski definition) is 0. The fourth-order valence-corrected chi connectivity index (χ4v) is 59.9. The Hall–Kier alpha value is -0.300. The van der Waals surface area contributed by atoms with Gasteiger partial charge >= 0.3 is 299 Å². The van der Waals surface area contributed by atoms with Crippen LogP contribution in [-0.2, 0) is 29.7 Å². The molecule has 0 aliphatic heterocycles. The Balaban J connectivity index is 1.60. The summed E-state index contributed by atoms with van der Waals surface area (Å²) in [7, 11) is 11.6. The van der Waals surface area contributed by atoms with E-state index in [1.807, 2.05) is 0 Å². The van der Waals surface area contributed by atoms with Crippen molar-refractivity contribution in [3.05, 3.63) is 118 Å². The van der Waals surface area contributed by atoms with E-state index in [1.165, 1.54) is 65.4 Å². The number of fused-ring (bicyclic) bond motifs is 2. The van der Waals surface area contributed by atoms with E-state index in [0.29, 0.717) is 0 Å². The van der Waals surface area contributed by atoms with Crippen molar-refractivity contribution in [3.8, 4) is 22.3 Å². The average molecular weight is 914 g/mol. The quantitative estimate of drug-likeness (QED) is 0.128. The molecule has 0 aromatic heterocycles. The standard InChI is InChI=1S/2C18H18S.C2H7Si.2BrH.2ClH.Zr/c2*1-13-10-14-7-5-9-17(18(14)11-13)15-6-4-8-16(12-15)19(2)3;1-3-2;;;;;/h2*4-12H,1-3H3;3H,1-2H3;4*1H;/q2*+1;;;;;;+4/p-4. The zero-order valence-electron chi connectivity index (χ0n) is 27.8. The molecule has 6 rings (SSSR count). The summed E-state index contributed by atoms with van der Waals surface area (Å²) in [5, 5.41) is 0. The molecule has 0 bridgehead atoms. The number of benzene rings is 4. The molecule has 2 atom stereocenters. The molecular formula is C38H43Br2Cl2S2SiZr+2. The van der Waals surface area contributed by atoms with Crippen LogP contribution in [0.25, 0.3) is 34.4 Å². The summed E-state index contributed by atoms with van der Waals surface area (Å²) >= 11 is 9.16. The molecule has 0 amide bonds. The maximum atomic E-state index is 8.80. The van der Waals surface area contributed by atoms with Crippen molar-refractivity contribution in [2.75, 3.05) is 25.0 Å². The van der Waals surface area contributed by atoms with Crippen LogP contribution >= 0.6 is 41.5 Å². The van der Waals surface area contributed by atoms with Gasteiger partial charge in [-0.2, -0.15) is 0 Å². The first-order valence-corrected chi connectivity index (χ1v) is 47.4. The molecule has 46 heavy (non-hydrogen) atoms. The van der Waals surface area contributed by atoms with E-state index in [0.717, 1.165) is 0 Å². The summed E-state index contributed by atoms with van der Waals surface area (Å²) in [5.74, 6) is -1.99. The molecule has 8 heteroatoms. The van der Waals surface area contributed by atoms with Crippen LogP contribution in [0.5, 0.6) is 0 Å². The molecule has 0 spiro atoms. The van der Waals surface area contributed by atoms with Gasteiger partial charge in [0.1, 0.15) is 0 Å². The molecule has 2 aliphatic carbocycles.